The number of carbonyl (C=O) groups is 2. The van der Waals surface area contributed by atoms with Crippen LogP contribution in [0.3, 0.4) is 0 Å². The molecule has 0 bridgehead atoms. The highest BCUT2D eigenvalue weighted by Crippen LogP contribution is 2.29. The average molecular weight is 317 g/mol. The third kappa shape index (κ3) is 4.57. The van der Waals surface area contributed by atoms with Gasteiger partial charge in [0.2, 0.25) is 0 Å². The van der Waals surface area contributed by atoms with Crippen LogP contribution in [0.5, 0.6) is 0 Å². The lowest BCUT2D eigenvalue weighted by atomic mass is 9.78. The van der Waals surface area contributed by atoms with Crippen molar-refractivity contribution < 1.29 is 14.3 Å². The molecule has 1 aromatic rings. The van der Waals surface area contributed by atoms with Gasteiger partial charge in [-0.15, -0.1) is 0 Å². The third-order valence-corrected chi connectivity index (χ3v) is 5.13. The molecule has 3 atom stereocenters. The first-order chi connectivity index (χ1) is 10.9. The predicted octanol–water partition coefficient (Wildman–Crippen LogP) is 3.40. The second kappa shape index (κ2) is 7.62. The standard InChI is InChI=1S/C19H27NO3/c1-12-8-9-16(10-14(12)3)19(22)23-11-18(21)20-17-7-5-6-13(2)15(17)4/h8-10,13,15,17H,5-7,11H2,1-4H3,(H,20,21)/t13-,15+,17-/m1/s1. The van der Waals surface area contributed by atoms with E-state index in [4.69, 9.17) is 4.74 Å². The number of ether oxygens (including phenoxy) is 1. The number of rotatable bonds is 4. The molecule has 1 fully saturated rings. The summed E-state index contributed by atoms with van der Waals surface area (Å²) in [6, 6.07) is 5.59. The highest BCUT2D eigenvalue weighted by molar-refractivity contribution is 5.91. The fourth-order valence-corrected chi connectivity index (χ4v) is 3.12. The van der Waals surface area contributed by atoms with Crippen LogP contribution in [0.15, 0.2) is 18.2 Å². The van der Waals surface area contributed by atoms with Gasteiger partial charge in [0.1, 0.15) is 0 Å². The van der Waals surface area contributed by atoms with Crippen molar-refractivity contribution in [3.8, 4) is 0 Å². The van der Waals surface area contributed by atoms with Crippen molar-refractivity contribution in [3.63, 3.8) is 0 Å². The molecule has 4 heteroatoms. The van der Waals surface area contributed by atoms with Crippen LogP contribution in [-0.4, -0.2) is 24.5 Å². The van der Waals surface area contributed by atoms with Gasteiger partial charge in [-0.1, -0.05) is 32.8 Å². The SMILES string of the molecule is Cc1ccc(C(=O)OCC(=O)N[C@@H]2CCC[C@@H](C)[C@@H]2C)cc1C. The van der Waals surface area contributed by atoms with Crippen molar-refractivity contribution >= 4 is 11.9 Å². The van der Waals surface area contributed by atoms with Gasteiger partial charge < -0.3 is 10.1 Å². The monoisotopic (exact) mass is 317 g/mol. The Morgan fingerprint density at radius 3 is 2.61 bits per heavy atom. The van der Waals surface area contributed by atoms with E-state index in [2.05, 4.69) is 19.2 Å². The normalized spacial score (nSPS) is 24.1. The Morgan fingerprint density at radius 2 is 1.91 bits per heavy atom. The smallest absolute Gasteiger partial charge is 0.338 e. The number of hydrogen-bond acceptors (Lipinski definition) is 3. The zero-order chi connectivity index (χ0) is 17.0. The summed E-state index contributed by atoms with van der Waals surface area (Å²) in [7, 11) is 0. The highest BCUT2D eigenvalue weighted by atomic mass is 16.5. The Morgan fingerprint density at radius 1 is 1.17 bits per heavy atom. The predicted molar refractivity (Wildman–Crippen MR) is 90.3 cm³/mol. The van der Waals surface area contributed by atoms with Crippen molar-refractivity contribution in [1.82, 2.24) is 5.32 Å². The fraction of sp³-hybridized carbons (Fsp3) is 0.579. The van der Waals surface area contributed by atoms with E-state index in [1.54, 1.807) is 12.1 Å². The summed E-state index contributed by atoms with van der Waals surface area (Å²) in [6.07, 6.45) is 3.36. The molecule has 0 aliphatic heterocycles. The number of nitrogens with one attached hydrogen (secondary N) is 1. The summed E-state index contributed by atoms with van der Waals surface area (Å²) >= 11 is 0. The minimum absolute atomic E-state index is 0.187. The molecule has 1 amide bonds. The van der Waals surface area contributed by atoms with Crippen LogP contribution in [-0.2, 0) is 9.53 Å². The van der Waals surface area contributed by atoms with Gasteiger partial charge in [0.25, 0.3) is 5.91 Å². The summed E-state index contributed by atoms with van der Waals surface area (Å²) in [4.78, 5) is 24.1. The van der Waals surface area contributed by atoms with Crippen LogP contribution in [0.25, 0.3) is 0 Å². The van der Waals surface area contributed by atoms with E-state index < -0.39 is 5.97 Å². The van der Waals surface area contributed by atoms with Gasteiger partial charge in [0, 0.05) is 6.04 Å². The zero-order valence-electron chi connectivity index (χ0n) is 14.5. The van der Waals surface area contributed by atoms with E-state index >= 15 is 0 Å². The Hall–Kier alpha value is -1.84. The molecule has 4 nitrogen and oxygen atoms in total. The number of esters is 1. The summed E-state index contributed by atoms with van der Waals surface area (Å²) in [5, 5.41) is 3.01. The summed E-state index contributed by atoms with van der Waals surface area (Å²) in [5.41, 5.74) is 2.65. The molecule has 2 rings (SSSR count). The third-order valence-electron chi connectivity index (χ3n) is 5.13. The minimum Gasteiger partial charge on any atom is -0.452 e. The molecule has 1 aromatic carbocycles. The lowest BCUT2D eigenvalue weighted by molar-refractivity contribution is -0.125. The zero-order valence-corrected chi connectivity index (χ0v) is 14.5. The first-order valence-corrected chi connectivity index (χ1v) is 8.42. The Kier molecular flexibility index (Phi) is 5.80. The van der Waals surface area contributed by atoms with Gasteiger partial charge in [-0.25, -0.2) is 4.79 Å². The van der Waals surface area contributed by atoms with E-state index in [0.717, 1.165) is 24.0 Å². The maximum atomic E-state index is 12.0. The highest BCUT2D eigenvalue weighted by Gasteiger charge is 2.28. The van der Waals surface area contributed by atoms with Crippen LogP contribution in [0.1, 0.15) is 54.6 Å². The quantitative estimate of drug-likeness (QED) is 0.866. The van der Waals surface area contributed by atoms with Gasteiger partial charge in [-0.05, 0) is 55.4 Å². The van der Waals surface area contributed by atoms with Crippen LogP contribution >= 0.6 is 0 Å². The van der Waals surface area contributed by atoms with Crippen LogP contribution in [0.2, 0.25) is 0 Å². The lowest BCUT2D eigenvalue weighted by Crippen LogP contribution is -2.45. The van der Waals surface area contributed by atoms with Crippen molar-refractivity contribution in [1.29, 1.82) is 0 Å². The molecule has 1 saturated carbocycles. The molecule has 23 heavy (non-hydrogen) atoms. The minimum atomic E-state index is -0.451. The van der Waals surface area contributed by atoms with Gasteiger partial charge >= 0.3 is 5.97 Å². The maximum absolute atomic E-state index is 12.0. The number of aryl methyl sites for hydroxylation is 2. The maximum Gasteiger partial charge on any atom is 0.338 e. The molecule has 126 valence electrons. The Labute approximate surface area is 138 Å². The van der Waals surface area contributed by atoms with Gasteiger partial charge in [0.05, 0.1) is 5.56 Å². The van der Waals surface area contributed by atoms with Crippen molar-refractivity contribution in [3.05, 3.63) is 34.9 Å². The van der Waals surface area contributed by atoms with Crippen LogP contribution in [0, 0.1) is 25.7 Å². The van der Waals surface area contributed by atoms with E-state index in [1.165, 1.54) is 6.42 Å². The second-order valence-corrected chi connectivity index (χ2v) is 6.82. The topological polar surface area (TPSA) is 55.4 Å². The molecule has 0 saturated heterocycles. The molecule has 1 aliphatic rings. The Bertz CT molecular complexity index is 582. The number of benzene rings is 1. The van der Waals surface area contributed by atoms with Crippen molar-refractivity contribution in [2.24, 2.45) is 11.8 Å². The van der Waals surface area contributed by atoms with Crippen molar-refractivity contribution in [2.75, 3.05) is 6.61 Å². The molecule has 0 spiro atoms. The Balaban J connectivity index is 1.84. The van der Waals surface area contributed by atoms with Crippen LogP contribution < -0.4 is 5.32 Å². The second-order valence-electron chi connectivity index (χ2n) is 6.82. The molecule has 0 aromatic heterocycles. The van der Waals surface area contributed by atoms with E-state index in [-0.39, 0.29) is 18.6 Å². The number of amides is 1. The first kappa shape index (κ1) is 17.5. The fourth-order valence-electron chi connectivity index (χ4n) is 3.12. The van der Waals surface area contributed by atoms with E-state index in [0.29, 0.717) is 17.4 Å². The molecular weight excluding hydrogens is 290 g/mol. The van der Waals surface area contributed by atoms with Crippen LogP contribution in [0.4, 0.5) is 0 Å². The molecule has 0 radical (unpaired) electrons. The van der Waals surface area contributed by atoms with Crippen molar-refractivity contribution in [2.45, 2.75) is 53.0 Å². The largest absolute Gasteiger partial charge is 0.452 e. The molecule has 0 unspecified atom stereocenters. The molecule has 1 aliphatic carbocycles. The van der Waals surface area contributed by atoms with Gasteiger partial charge in [-0.2, -0.15) is 0 Å². The molecule has 0 heterocycles. The molecular formula is C19H27NO3. The van der Waals surface area contributed by atoms with E-state index in [1.807, 2.05) is 19.9 Å². The van der Waals surface area contributed by atoms with E-state index in [9.17, 15) is 9.59 Å². The summed E-state index contributed by atoms with van der Waals surface area (Å²) < 4.78 is 5.14. The summed E-state index contributed by atoms with van der Waals surface area (Å²) in [6.45, 7) is 8.12. The number of carbonyl (C=O) groups excluding carboxylic acids is 2. The molecule has 1 N–H and O–H groups in total. The average Bonchev–Trinajstić information content (AvgIpc) is 2.52. The number of hydrogen-bond donors (Lipinski definition) is 1. The first-order valence-electron chi connectivity index (χ1n) is 8.42. The lowest BCUT2D eigenvalue weighted by Gasteiger charge is -2.34. The summed E-state index contributed by atoms with van der Waals surface area (Å²) in [5.74, 6) is 0.414. The van der Waals surface area contributed by atoms with Gasteiger partial charge in [-0.3, -0.25) is 4.79 Å². The van der Waals surface area contributed by atoms with Gasteiger partial charge in [0.15, 0.2) is 6.61 Å².